The van der Waals surface area contributed by atoms with E-state index in [2.05, 4.69) is 20.5 Å². The molecule has 1 amide bonds. The van der Waals surface area contributed by atoms with Gasteiger partial charge < -0.3 is 15.0 Å². The first-order chi connectivity index (χ1) is 14.5. The molecule has 0 aliphatic carbocycles. The number of H-pyrrole nitrogens is 1. The normalized spacial score (nSPS) is 16.3. The van der Waals surface area contributed by atoms with E-state index in [-0.39, 0.29) is 25.1 Å². The van der Waals surface area contributed by atoms with E-state index in [0.29, 0.717) is 29.0 Å². The number of aromatic nitrogens is 3. The Morgan fingerprint density at radius 1 is 1.37 bits per heavy atom. The van der Waals surface area contributed by atoms with Crippen LogP contribution in [0.3, 0.4) is 0 Å². The maximum absolute atomic E-state index is 12.6. The number of hydrogen-bond acceptors (Lipinski definition) is 6. The smallest absolute Gasteiger partial charge is 0.293 e. The first-order valence-corrected chi connectivity index (χ1v) is 10.1. The average Bonchev–Trinajstić information content (AvgIpc) is 3.07. The van der Waals surface area contributed by atoms with Crippen molar-refractivity contribution in [3.05, 3.63) is 51.3 Å². The Labute approximate surface area is 182 Å². The van der Waals surface area contributed by atoms with Crippen LogP contribution in [0.5, 0.6) is 0 Å². The van der Waals surface area contributed by atoms with Crippen molar-refractivity contribution < 1.29 is 14.3 Å². The molecule has 4 rings (SSSR count). The number of halogens is 2. The predicted molar refractivity (Wildman–Crippen MR) is 114 cm³/mol. The maximum atomic E-state index is 12.6. The number of rotatable bonds is 6. The summed E-state index contributed by atoms with van der Waals surface area (Å²) in [6.07, 6.45) is 0.737. The standard InChI is InChI=1S/C20H19Cl2N5O3/c1-11-6-17(25-26-20(11)22)24-18(29)8-27-5-4-13-14-7-12(21)2-3-15(14)23-19(13)16(27)9-30-10-28/h2-3,6-7,10,16,23H,4-5,8-9H2,1H3,(H,24,25,29). The topological polar surface area (TPSA) is 100 Å². The molecule has 2 aromatic heterocycles. The zero-order valence-corrected chi connectivity index (χ0v) is 17.6. The Hall–Kier alpha value is -2.68. The molecule has 3 aromatic rings. The Bertz CT molecular complexity index is 1120. The lowest BCUT2D eigenvalue weighted by Gasteiger charge is -2.34. The van der Waals surface area contributed by atoms with Crippen molar-refractivity contribution in [3.63, 3.8) is 0 Å². The van der Waals surface area contributed by atoms with E-state index >= 15 is 0 Å². The summed E-state index contributed by atoms with van der Waals surface area (Å²) in [7, 11) is 0. The van der Waals surface area contributed by atoms with Crippen molar-refractivity contribution in [2.45, 2.75) is 19.4 Å². The molecule has 3 heterocycles. The van der Waals surface area contributed by atoms with Gasteiger partial charge in [0, 0.05) is 28.2 Å². The van der Waals surface area contributed by atoms with Crippen LogP contribution in [0.15, 0.2) is 24.3 Å². The van der Waals surface area contributed by atoms with Gasteiger partial charge in [-0.05, 0) is 48.7 Å². The molecule has 0 radical (unpaired) electrons. The van der Waals surface area contributed by atoms with Crippen LogP contribution in [-0.4, -0.2) is 52.2 Å². The molecular weight excluding hydrogens is 429 g/mol. The summed E-state index contributed by atoms with van der Waals surface area (Å²) in [5, 5.41) is 12.4. The van der Waals surface area contributed by atoms with Crippen LogP contribution in [0, 0.1) is 6.92 Å². The highest BCUT2D eigenvalue weighted by atomic mass is 35.5. The molecule has 1 aromatic carbocycles. The zero-order chi connectivity index (χ0) is 21.3. The van der Waals surface area contributed by atoms with Crippen LogP contribution in [0.4, 0.5) is 5.82 Å². The van der Waals surface area contributed by atoms with Crippen LogP contribution in [-0.2, 0) is 20.7 Å². The molecule has 0 saturated heterocycles. The molecule has 30 heavy (non-hydrogen) atoms. The number of fused-ring (bicyclic) bond motifs is 3. The van der Waals surface area contributed by atoms with Crippen molar-refractivity contribution in [1.29, 1.82) is 0 Å². The molecule has 0 bridgehead atoms. The van der Waals surface area contributed by atoms with Gasteiger partial charge in [0.25, 0.3) is 6.47 Å². The fourth-order valence-corrected chi connectivity index (χ4v) is 4.06. The summed E-state index contributed by atoms with van der Waals surface area (Å²) in [4.78, 5) is 28.8. The first kappa shape index (κ1) is 20.6. The SMILES string of the molecule is Cc1cc(NC(=O)CN2CCc3c([nH]c4ccc(Cl)cc34)C2COC=O)nnc1Cl. The molecule has 2 N–H and O–H groups in total. The van der Waals surface area contributed by atoms with Gasteiger partial charge in [-0.25, -0.2) is 0 Å². The zero-order valence-electron chi connectivity index (χ0n) is 16.1. The Kier molecular flexibility index (Phi) is 5.90. The minimum Gasteiger partial charge on any atom is -0.466 e. The number of aryl methyl sites for hydroxylation is 1. The third kappa shape index (κ3) is 4.12. The van der Waals surface area contributed by atoms with Crippen LogP contribution in [0.2, 0.25) is 10.2 Å². The lowest BCUT2D eigenvalue weighted by atomic mass is 9.97. The van der Waals surface area contributed by atoms with Gasteiger partial charge in [0.1, 0.15) is 6.61 Å². The van der Waals surface area contributed by atoms with Gasteiger partial charge in [-0.2, -0.15) is 0 Å². The second-order valence-electron chi connectivity index (χ2n) is 7.12. The van der Waals surface area contributed by atoms with Crippen LogP contribution in [0.25, 0.3) is 10.9 Å². The number of nitrogens with one attached hydrogen (secondary N) is 2. The summed E-state index contributed by atoms with van der Waals surface area (Å²) >= 11 is 12.0. The molecular formula is C20H19Cl2N5O3. The quantitative estimate of drug-likeness (QED) is 0.562. The molecule has 1 unspecified atom stereocenters. The third-order valence-corrected chi connectivity index (χ3v) is 5.79. The first-order valence-electron chi connectivity index (χ1n) is 9.35. The number of carbonyl (C=O) groups is 2. The minimum atomic E-state index is -0.283. The molecule has 1 atom stereocenters. The molecule has 1 aliphatic heterocycles. The van der Waals surface area contributed by atoms with Gasteiger partial charge in [0.05, 0.1) is 12.6 Å². The molecule has 10 heteroatoms. The van der Waals surface area contributed by atoms with Gasteiger partial charge >= 0.3 is 0 Å². The second-order valence-corrected chi connectivity index (χ2v) is 7.92. The van der Waals surface area contributed by atoms with Gasteiger partial charge in [0.2, 0.25) is 5.91 Å². The van der Waals surface area contributed by atoms with Crippen LogP contribution in [0.1, 0.15) is 22.9 Å². The summed E-state index contributed by atoms with van der Waals surface area (Å²) in [6.45, 7) is 3.06. The van der Waals surface area contributed by atoms with Gasteiger partial charge in [-0.3, -0.25) is 14.5 Å². The fourth-order valence-electron chi connectivity index (χ4n) is 3.79. The van der Waals surface area contributed by atoms with Crippen LogP contribution < -0.4 is 5.32 Å². The molecule has 8 nitrogen and oxygen atoms in total. The summed E-state index contributed by atoms with van der Waals surface area (Å²) < 4.78 is 5.07. The van der Waals surface area contributed by atoms with Gasteiger partial charge in [0.15, 0.2) is 11.0 Å². The number of benzene rings is 1. The Balaban J connectivity index is 1.56. The highest BCUT2D eigenvalue weighted by Crippen LogP contribution is 2.35. The van der Waals surface area contributed by atoms with Crippen molar-refractivity contribution in [2.75, 3.05) is 25.0 Å². The number of aromatic amines is 1. The van der Waals surface area contributed by atoms with Crippen molar-refractivity contribution in [1.82, 2.24) is 20.1 Å². The van der Waals surface area contributed by atoms with E-state index < -0.39 is 0 Å². The minimum absolute atomic E-state index is 0.103. The number of hydrogen-bond donors (Lipinski definition) is 2. The Morgan fingerprint density at radius 3 is 2.97 bits per heavy atom. The summed E-state index contributed by atoms with van der Waals surface area (Å²) in [5.74, 6) is 0.0882. The van der Waals surface area contributed by atoms with E-state index in [4.69, 9.17) is 27.9 Å². The second kappa shape index (κ2) is 8.59. The van der Waals surface area contributed by atoms with E-state index in [1.54, 1.807) is 13.0 Å². The molecule has 0 saturated carbocycles. The summed E-state index contributed by atoms with van der Waals surface area (Å²) in [6, 6.07) is 7.05. The van der Waals surface area contributed by atoms with E-state index in [0.717, 1.165) is 34.1 Å². The maximum Gasteiger partial charge on any atom is 0.293 e. The fraction of sp³-hybridized carbons (Fsp3) is 0.300. The lowest BCUT2D eigenvalue weighted by molar-refractivity contribution is -0.130. The van der Waals surface area contributed by atoms with E-state index in [9.17, 15) is 9.59 Å². The average molecular weight is 448 g/mol. The highest BCUT2D eigenvalue weighted by Gasteiger charge is 2.32. The number of amides is 1. The van der Waals surface area contributed by atoms with Crippen molar-refractivity contribution in [2.24, 2.45) is 0 Å². The van der Waals surface area contributed by atoms with Crippen molar-refractivity contribution >= 4 is 52.3 Å². The Morgan fingerprint density at radius 2 is 2.20 bits per heavy atom. The highest BCUT2D eigenvalue weighted by molar-refractivity contribution is 6.31. The predicted octanol–water partition coefficient (Wildman–Crippen LogP) is 3.28. The number of ether oxygens (including phenoxy) is 1. The third-order valence-electron chi connectivity index (χ3n) is 5.18. The largest absolute Gasteiger partial charge is 0.466 e. The van der Waals surface area contributed by atoms with E-state index in [1.807, 2.05) is 23.1 Å². The number of nitrogens with zero attached hydrogens (tertiary/aromatic N) is 3. The summed E-state index contributed by atoms with van der Waals surface area (Å²) in [5.41, 5.74) is 3.73. The molecule has 1 aliphatic rings. The van der Waals surface area contributed by atoms with E-state index in [1.165, 1.54) is 0 Å². The lowest BCUT2D eigenvalue weighted by Crippen LogP contribution is -2.42. The number of carbonyl (C=O) groups excluding carboxylic acids is 2. The van der Waals surface area contributed by atoms with Gasteiger partial charge in [-0.1, -0.05) is 23.2 Å². The van der Waals surface area contributed by atoms with Gasteiger partial charge in [-0.15, -0.1) is 10.2 Å². The number of anilines is 1. The van der Waals surface area contributed by atoms with Crippen LogP contribution >= 0.6 is 23.2 Å². The monoisotopic (exact) mass is 447 g/mol. The molecule has 0 fully saturated rings. The molecule has 156 valence electrons. The molecule has 0 spiro atoms. The van der Waals surface area contributed by atoms with Crippen molar-refractivity contribution in [3.8, 4) is 0 Å².